The van der Waals surface area contributed by atoms with Gasteiger partial charge in [0.2, 0.25) is 0 Å². The predicted molar refractivity (Wildman–Crippen MR) is 84.2 cm³/mol. The van der Waals surface area contributed by atoms with Crippen LogP contribution in [0.3, 0.4) is 0 Å². The topological polar surface area (TPSA) is 55.9 Å². The Bertz CT molecular complexity index is 553. The maximum absolute atomic E-state index is 6.05. The van der Waals surface area contributed by atoms with Gasteiger partial charge in [-0.3, -0.25) is 10.5 Å². The van der Waals surface area contributed by atoms with Crippen molar-refractivity contribution in [3.05, 3.63) is 48.7 Å². The molecule has 0 radical (unpaired) electrons. The summed E-state index contributed by atoms with van der Waals surface area (Å²) >= 11 is 11.8. The molecule has 0 aliphatic carbocycles. The van der Waals surface area contributed by atoms with Crippen molar-refractivity contribution in [1.82, 2.24) is 15.2 Å². The highest BCUT2D eigenvalue weighted by atomic mass is 127. The smallest absolute Gasteiger partial charge is 0.0900 e. The molecule has 0 bridgehead atoms. The van der Waals surface area contributed by atoms with Crippen molar-refractivity contribution in [1.29, 1.82) is 0 Å². The molecule has 4 nitrogen and oxygen atoms in total. The Morgan fingerprint density at radius 1 is 1.56 bits per heavy atom. The van der Waals surface area contributed by atoms with Crippen LogP contribution in [0.2, 0.25) is 5.02 Å². The molecule has 0 saturated heterocycles. The van der Waals surface area contributed by atoms with Crippen molar-refractivity contribution in [2.45, 2.75) is 6.04 Å². The molecular weight excluding hydrogens is 430 g/mol. The molecule has 3 N–H and O–H groups in total. The quantitative estimate of drug-likeness (QED) is 0.438. The van der Waals surface area contributed by atoms with E-state index >= 15 is 0 Å². The van der Waals surface area contributed by atoms with Crippen LogP contribution in [-0.2, 0) is 7.05 Å². The van der Waals surface area contributed by atoms with E-state index < -0.39 is 0 Å². The molecule has 7 heteroatoms. The summed E-state index contributed by atoms with van der Waals surface area (Å²) in [4.78, 5) is 0. The summed E-state index contributed by atoms with van der Waals surface area (Å²) < 4.78 is 3.78. The number of hydrazine groups is 1. The van der Waals surface area contributed by atoms with Crippen molar-refractivity contribution in [2.75, 3.05) is 0 Å². The molecule has 2 aromatic rings. The molecule has 0 fully saturated rings. The van der Waals surface area contributed by atoms with Crippen LogP contribution in [0.5, 0.6) is 0 Å². The van der Waals surface area contributed by atoms with Crippen molar-refractivity contribution >= 4 is 50.1 Å². The number of nitrogens with two attached hydrogens (primary N) is 1. The van der Waals surface area contributed by atoms with E-state index in [0.29, 0.717) is 5.02 Å². The van der Waals surface area contributed by atoms with E-state index in [9.17, 15) is 0 Å². The molecule has 0 saturated carbocycles. The number of halogens is 3. The standard InChI is InChI=1S/C11H11BrClIN4/c1-18-11(8(12)5-16-18)10(17-15)7-4-6(13)2-3-9(7)14/h2-5,10,17H,15H2,1H3. The van der Waals surface area contributed by atoms with Crippen LogP contribution in [0.15, 0.2) is 28.9 Å². The van der Waals surface area contributed by atoms with Crippen LogP contribution in [0.4, 0.5) is 0 Å². The SMILES string of the molecule is Cn1ncc(Br)c1C(NN)c1cc(Cl)ccc1I. The Morgan fingerprint density at radius 2 is 2.28 bits per heavy atom. The number of rotatable bonds is 3. The lowest BCUT2D eigenvalue weighted by Gasteiger charge is -2.19. The molecule has 1 unspecified atom stereocenters. The summed E-state index contributed by atoms with van der Waals surface area (Å²) in [5.41, 5.74) is 4.80. The fraction of sp³-hybridized carbons (Fsp3) is 0.182. The molecule has 0 spiro atoms. The number of hydrogen-bond acceptors (Lipinski definition) is 3. The van der Waals surface area contributed by atoms with Crippen molar-refractivity contribution in [3.8, 4) is 0 Å². The van der Waals surface area contributed by atoms with E-state index in [4.69, 9.17) is 17.4 Å². The zero-order valence-electron chi connectivity index (χ0n) is 9.49. The second kappa shape index (κ2) is 5.87. The number of nitrogens with zero attached hydrogens (tertiary/aromatic N) is 2. The molecule has 18 heavy (non-hydrogen) atoms. The summed E-state index contributed by atoms with van der Waals surface area (Å²) in [5, 5.41) is 4.89. The minimum absolute atomic E-state index is 0.169. The minimum atomic E-state index is -0.169. The fourth-order valence-corrected chi connectivity index (χ4v) is 3.20. The Kier molecular flexibility index (Phi) is 4.65. The van der Waals surface area contributed by atoms with Gasteiger partial charge in [-0.15, -0.1) is 0 Å². The summed E-state index contributed by atoms with van der Waals surface area (Å²) in [7, 11) is 1.88. The lowest BCUT2D eigenvalue weighted by molar-refractivity contribution is 0.571. The molecule has 0 aliphatic heterocycles. The first kappa shape index (κ1) is 14.3. The first-order chi connectivity index (χ1) is 8.54. The normalized spacial score (nSPS) is 12.7. The van der Waals surface area contributed by atoms with Crippen molar-refractivity contribution in [3.63, 3.8) is 0 Å². The van der Waals surface area contributed by atoms with Crippen LogP contribution >= 0.6 is 50.1 Å². The Labute approximate surface area is 132 Å². The van der Waals surface area contributed by atoms with Gasteiger partial charge in [-0.1, -0.05) is 11.6 Å². The summed E-state index contributed by atoms with van der Waals surface area (Å²) in [6, 6.07) is 5.57. The monoisotopic (exact) mass is 440 g/mol. The van der Waals surface area contributed by atoms with E-state index in [2.05, 4.69) is 49.0 Å². The van der Waals surface area contributed by atoms with Gasteiger partial charge in [-0.05, 0) is 62.3 Å². The van der Waals surface area contributed by atoms with Gasteiger partial charge in [-0.2, -0.15) is 5.10 Å². The third-order valence-corrected chi connectivity index (χ3v) is 4.48. The summed E-state index contributed by atoms with van der Waals surface area (Å²) in [6.45, 7) is 0. The first-order valence-electron chi connectivity index (χ1n) is 5.13. The predicted octanol–water partition coefficient (Wildman–Crippen LogP) is 2.99. The number of benzene rings is 1. The summed E-state index contributed by atoms with van der Waals surface area (Å²) in [5.74, 6) is 5.69. The lowest BCUT2D eigenvalue weighted by atomic mass is 10.0. The van der Waals surface area contributed by atoms with E-state index in [1.54, 1.807) is 10.9 Å². The van der Waals surface area contributed by atoms with Crippen molar-refractivity contribution in [2.24, 2.45) is 12.9 Å². The highest BCUT2D eigenvalue weighted by molar-refractivity contribution is 14.1. The van der Waals surface area contributed by atoms with Crippen LogP contribution in [0.25, 0.3) is 0 Å². The van der Waals surface area contributed by atoms with Gasteiger partial charge in [0.25, 0.3) is 0 Å². The number of hydrogen-bond donors (Lipinski definition) is 2. The van der Waals surface area contributed by atoms with Crippen LogP contribution < -0.4 is 11.3 Å². The van der Waals surface area contributed by atoms with E-state index in [0.717, 1.165) is 19.3 Å². The third kappa shape index (κ3) is 2.72. The molecule has 1 heterocycles. The minimum Gasteiger partial charge on any atom is -0.271 e. The number of nitrogens with one attached hydrogen (secondary N) is 1. The molecule has 0 amide bonds. The van der Waals surface area contributed by atoms with E-state index in [1.165, 1.54) is 0 Å². The second-order valence-electron chi connectivity index (χ2n) is 3.77. The Morgan fingerprint density at radius 3 is 2.83 bits per heavy atom. The van der Waals surface area contributed by atoms with Gasteiger partial charge < -0.3 is 0 Å². The van der Waals surface area contributed by atoms with Crippen LogP contribution in [-0.4, -0.2) is 9.78 Å². The maximum Gasteiger partial charge on any atom is 0.0900 e. The van der Waals surface area contributed by atoms with Gasteiger partial charge in [0.15, 0.2) is 0 Å². The Hall–Kier alpha value is -0.150. The zero-order chi connectivity index (χ0) is 13.3. The first-order valence-corrected chi connectivity index (χ1v) is 7.38. The van der Waals surface area contributed by atoms with Crippen molar-refractivity contribution < 1.29 is 0 Å². The Balaban J connectivity index is 2.55. The molecule has 1 atom stereocenters. The number of aromatic nitrogens is 2. The van der Waals surface area contributed by atoms with Gasteiger partial charge in [0.05, 0.1) is 22.4 Å². The van der Waals surface area contributed by atoms with E-state index in [1.807, 2.05) is 25.2 Å². The van der Waals surface area contributed by atoms with Gasteiger partial charge >= 0.3 is 0 Å². The average Bonchev–Trinajstić information content (AvgIpc) is 2.66. The molecule has 1 aromatic carbocycles. The largest absolute Gasteiger partial charge is 0.271 e. The average molecular weight is 441 g/mol. The maximum atomic E-state index is 6.05. The fourth-order valence-electron chi connectivity index (χ4n) is 1.80. The van der Waals surface area contributed by atoms with Crippen LogP contribution in [0, 0.1) is 3.57 Å². The van der Waals surface area contributed by atoms with E-state index in [-0.39, 0.29) is 6.04 Å². The number of aryl methyl sites for hydroxylation is 1. The highest BCUT2D eigenvalue weighted by Crippen LogP contribution is 2.31. The lowest BCUT2D eigenvalue weighted by Crippen LogP contribution is -2.31. The van der Waals surface area contributed by atoms with Crippen LogP contribution in [0.1, 0.15) is 17.3 Å². The van der Waals surface area contributed by atoms with Gasteiger partial charge in [-0.25, -0.2) is 5.43 Å². The molecule has 0 aliphatic rings. The molecular formula is C11H11BrClIN4. The third-order valence-electron chi connectivity index (χ3n) is 2.65. The molecule has 2 rings (SSSR count). The zero-order valence-corrected chi connectivity index (χ0v) is 14.0. The molecule has 1 aromatic heterocycles. The van der Waals surface area contributed by atoms with Gasteiger partial charge in [0, 0.05) is 15.6 Å². The molecule has 96 valence electrons. The summed E-state index contributed by atoms with van der Waals surface area (Å²) in [6.07, 6.45) is 1.75. The second-order valence-corrected chi connectivity index (χ2v) is 6.22. The van der Waals surface area contributed by atoms with Gasteiger partial charge in [0.1, 0.15) is 0 Å². The highest BCUT2D eigenvalue weighted by Gasteiger charge is 2.21.